The first-order valence-corrected chi connectivity index (χ1v) is 3.30. The zero-order valence-electron chi connectivity index (χ0n) is 5.70. The van der Waals surface area contributed by atoms with E-state index >= 15 is 0 Å². The molecule has 0 aliphatic carbocycles. The predicted molar refractivity (Wildman–Crippen MR) is 52.7 cm³/mol. The largest absolute Gasteiger partial charge is 0.497 e. The van der Waals surface area contributed by atoms with Crippen molar-refractivity contribution in [3.8, 4) is 5.75 Å². The second kappa shape index (κ2) is 4.70. The van der Waals surface area contributed by atoms with Crippen LogP contribution in [0.4, 0.5) is 0 Å². The quantitative estimate of drug-likeness (QED) is 0.656. The molecule has 1 nitrogen and oxygen atoms in total. The van der Waals surface area contributed by atoms with Crippen molar-refractivity contribution in [2.75, 3.05) is 7.11 Å². The maximum Gasteiger partial charge on any atom is 0.118 e. The Kier molecular flexibility index (Phi) is 4.67. The molecule has 0 N–H and O–H groups in total. The zero-order valence-corrected chi connectivity index (χ0v) is 8.57. The molecule has 0 heterocycles. The number of hydrogen-bond donors (Lipinski definition) is 0. The van der Waals surface area contributed by atoms with Crippen molar-refractivity contribution in [3.05, 3.63) is 24.3 Å². The van der Waals surface area contributed by atoms with Gasteiger partial charge in [0.25, 0.3) is 0 Å². The van der Waals surface area contributed by atoms with Gasteiger partial charge in [-0.3, -0.25) is 0 Å². The molecule has 0 aromatic heterocycles. The van der Waals surface area contributed by atoms with E-state index in [1.807, 2.05) is 24.3 Å². The number of methoxy groups -OCH3 is 1. The Morgan fingerprint density at radius 1 is 1.20 bits per heavy atom. The molecule has 0 fully saturated rings. The monoisotopic (exact) mass is 220 g/mol. The first-order valence-electron chi connectivity index (χ1n) is 2.72. The molecular weight excluding hydrogens is 211 g/mol. The van der Waals surface area contributed by atoms with Gasteiger partial charge in [0.15, 0.2) is 0 Å². The standard InChI is InChI=1S/C7H9OP.BrH/c1-8-6-2-4-7(9)5-3-6;/h2-5H,9H2,1H3;1H. The molecule has 0 aliphatic heterocycles. The molecule has 0 saturated carbocycles. The van der Waals surface area contributed by atoms with Crippen LogP contribution in [0.3, 0.4) is 0 Å². The normalized spacial score (nSPS) is 8.20. The van der Waals surface area contributed by atoms with Crippen LogP contribution in [0.15, 0.2) is 24.3 Å². The van der Waals surface area contributed by atoms with Crippen LogP contribution in [0.25, 0.3) is 0 Å². The molecule has 1 rings (SSSR count). The Bertz CT molecular complexity index is 185. The van der Waals surface area contributed by atoms with Gasteiger partial charge in [0.05, 0.1) is 7.11 Å². The fourth-order valence-electron chi connectivity index (χ4n) is 0.604. The van der Waals surface area contributed by atoms with Crippen LogP contribution in [0, 0.1) is 0 Å². The minimum absolute atomic E-state index is 0. The van der Waals surface area contributed by atoms with Crippen LogP contribution in [0.1, 0.15) is 0 Å². The van der Waals surface area contributed by atoms with E-state index in [0.29, 0.717) is 0 Å². The summed E-state index contributed by atoms with van der Waals surface area (Å²) in [5, 5.41) is 1.18. The molecule has 0 bridgehead atoms. The molecule has 1 unspecified atom stereocenters. The highest BCUT2D eigenvalue weighted by molar-refractivity contribution is 8.93. The average molecular weight is 221 g/mol. The smallest absolute Gasteiger partial charge is 0.118 e. The third-order valence-electron chi connectivity index (χ3n) is 1.12. The number of rotatable bonds is 1. The number of benzene rings is 1. The Labute approximate surface area is 73.8 Å². The molecule has 1 atom stereocenters. The maximum absolute atomic E-state index is 4.96. The number of hydrogen-bond acceptors (Lipinski definition) is 1. The highest BCUT2D eigenvalue weighted by Gasteiger charge is 1.85. The van der Waals surface area contributed by atoms with E-state index < -0.39 is 0 Å². The van der Waals surface area contributed by atoms with Gasteiger partial charge in [-0.2, -0.15) is 0 Å². The van der Waals surface area contributed by atoms with Crippen LogP contribution in [0.5, 0.6) is 5.75 Å². The third-order valence-corrected chi connectivity index (χ3v) is 1.50. The van der Waals surface area contributed by atoms with Crippen molar-refractivity contribution in [3.63, 3.8) is 0 Å². The summed E-state index contributed by atoms with van der Waals surface area (Å²) < 4.78 is 4.96. The maximum atomic E-state index is 4.96. The minimum Gasteiger partial charge on any atom is -0.497 e. The van der Waals surface area contributed by atoms with Gasteiger partial charge in [-0.15, -0.1) is 26.2 Å². The molecule has 0 saturated heterocycles. The topological polar surface area (TPSA) is 9.23 Å². The SMILES string of the molecule is Br.COc1ccc(P)cc1. The zero-order chi connectivity index (χ0) is 6.69. The Hall–Kier alpha value is -0.0700. The number of ether oxygens (including phenoxy) is 1. The molecule has 0 radical (unpaired) electrons. The van der Waals surface area contributed by atoms with Gasteiger partial charge in [0.1, 0.15) is 5.75 Å². The van der Waals surface area contributed by atoms with Crippen molar-refractivity contribution in [1.29, 1.82) is 0 Å². The van der Waals surface area contributed by atoms with E-state index in [-0.39, 0.29) is 17.0 Å². The Balaban J connectivity index is 0.000000810. The summed E-state index contributed by atoms with van der Waals surface area (Å²) in [6.07, 6.45) is 0. The molecule has 3 heteroatoms. The van der Waals surface area contributed by atoms with Crippen LogP contribution < -0.4 is 10.0 Å². The van der Waals surface area contributed by atoms with Crippen LogP contribution >= 0.6 is 26.2 Å². The Morgan fingerprint density at radius 3 is 2.10 bits per heavy atom. The number of halogens is 1. The minimum atomic E-state index is 0. The second-order valence-corrected chi connectivity index (χ2v) is 2.44. The van der Waals surface area contributed by atoms with Crippen molar-refractivity contribution in [1.82, 2.24) is 0 Å². The molecule has 10 heavy (non-hydrogen) atoms. The Morgan fingerprint density at radius 2 is 1.70 bits per heavy atom. The summed E-state index contributed by atoms with van der Waals surface area (Å²) in [5.41, 5.74) is 0. The summed E-state index contributed by atoms with van der Waals surface area (Å²) in [4.78, 5) is 0. The van der Waals surface area contributed by atoms with Gasteiger partial charge in [-0.1, -0.05) is 12.1 Å². The van der Waals surface area contributed by atoms with Gasteiger partial charge in [0.2, 0.25) is 0 Å². The van der Waals surface area contributed by atoms with Gasteiger partial charge >= 0.3 is 0 Å². The highest BCUT2D eigenvalue weighted by Crippen LogP contribution is 2.06. The average Bonchev–Trinajstić information content (AvgIpc) is 1.90. The molecular formula is C7H10BrOP. The summed E-state index contributed by atoms with van der Waals surface area (Å²) >= 11 is 0. The fourth-order valence-corrected chi connectivity index (χ4v) is 0.796. The lowest BCUT2D eigenvalue weighted by molar-refractivity contribution is 0.415. The molecule has 1 aromatic carbocycles. The van der Waals surface area contributed by atoms with E-state index in [1.165, 1.54) is 5.30 Å². The predicted octanol–water partition coefficient (Wildman–Crippen LogP) is 1.77. The molecule has 1 aromatic rings. The van der Waals surface area contributed by atoms with Crippen LogP contribution in [-0.2, 0) is 0 Å². The summed E-state index contributed by atoms with van der Waals surface area (Å²) in [6.45, 7) is 0. The van der Waals surface area contributed by atoms with Crippen molar-refractivity contribution >= 4 is 31.5 Å². The summed E-state index contributed by atoms with van der Waals surface area (Å²) in [5.74, 6) is 0.904. The van der Waals surface area contributed by atoms with Gasteiger partial charge in [-0.05, 0) is 17.4 Å². The lowest BCUT2D eigenvalue weighted by Crippen LogP contribution is -1.88. The van der Waals surface area contributed by atoms with E-state index in [2.05, 4.69) is 9.24 Å². The molecule has 56 valence electrons. The van der Waals surface area contributed by atoms with Crippen molar-refractivity contribution < 1.29 is 4.74 Å². The third kappa shape index (κ3) is 2.68. The van der Waals surface area contributed by atoms with E-state index in [1.54, 1.807) is 7.11 Å². The van der Waals surface area contributed by atoms with E-state index in [9.17, 15) is 0 Å². The first-order chi connectivity index (χ1) is 4.33. The summed E-state index contributed by atoms with van der Waals surface area (Å²) in [6, 6.07) is 7.84. The lowest BCUT2D eigenvalue weighted by atomic mass is 10.3. The van der Waals surface area contributed by atoms with E-state index in [4.69, 9.17) is 4.74 Å². The lowest BCUT2D eigenvalue weighted by Gasteiger charge is -1.96. The van der Waals surface area contributed by atoms with Crippen molar-refractivity contribution in [2.24, 2.45) is 0 Å². The van der Waals surface area contributed by atoms with Gasteiger partial charge < -0.3 is 4.74 Å². The summed E-state index contributed by atoms with van der Waals surface area (Å²) in [7, 11) is 4.28. The second-order valence-electron chi connectivity index (χ2n) is 1.77. The molecule has 0 aliphatic rings. The highest BCUT2D eigenvalue weighted by atomic mass is 79.9. The van der Waals surface area contributed by atoms with Crippen LogP contribution in [0.2, 0.25) is 0 Å². The fraction of sp³-hybridized carbons (Fsp3) is 0.143. The molecule has 0 amide bonds. The molecule has 0 spiro atoms. The first kappa shape index (κ1) is 9.93. The van der Waals surface area contributed by atoms with Crippen molar-refractivity contribution in [2.45, 2.75) is 0 Å². The van der Waals surface area contributed by atoms with Gasteiger partial charge in [-0.25, -0.2) is 0 Å². The van der Waals surface area contributed by atoms with E-state index in [0.717, 1.165) is 5.75 Å². The van der Waals surface area contributed by atoms with Crippen LogP contribution in [-0.4, -0.2) is 7.11 Å². The van der Waals surface area contributed by atoms with Gasteiger partial charge in [0, 0.05) is 0 Å².